The van der Waals surface area contributed by atoms with Crippen LogP contribution in [0.4, 0.5) is 4.79 Å². The second-order valence-corrected chi connectivity index (χ2v) is 9.39. The maximum Gasteiger partial charge on any atom is 0.410 e. The lowest BCUT2D eigenvalue weighted by Crippen LogP contribution is -2.46. The molecule has 1 atom stereocenters. The van der Waals surface area contributed by atoms with Crippen molar-refractivity contribution in [3.8, 4) is 5.69 Å². The highest BCUT2D eigenvalue weighted by atomic mass is 16.6. The summed E-state index contributed by atoms with van der Waals surface area (Å²) in [6, 6.07) is 8.13. The van der Waals surface area contributed by atoms with Crippen molar-refractivity contribution in [2.24, 2.45) is 0 Å². The maximum absolute atomic E-state index is 12.9. The van der Waals surface area contributed by atoms with Gasteiger partial charge in [0.25, 0.3) is 0 Å². The Balaban J connectivity index is 0.00000141. The van der Waals surface area contributed by atoms with Crippen molar-refractivity contribution in [3.05, 3.63) is 46.8 Å². The molecule has 7 nitrogen and oxygen atoms in total. The van der Waals surface area contributed by atoms with E-state index < -0.39 is 5.60 Å². The third-order valence-corrected chi connectivity index (χ3v) is 5.65. The van der Waals surface area contributed by atoms with E-state index in [0.717, 1.165) is 22.6 Å². The van der Waals surface area contributed by atoms with Gasteiger partial charge >= 0.3 is 6.09 Å². The molecular weight excluding hydrogens is 404 g/mol. The van der Waals surface area contributed by atoms with Gasteiger partial charge in [-0.15, -0.1) is 0 Å². The molecule has 0 fully saturated rings. The minimum atomic E-state index is -0.573. The second kappa shape index (κ2) is 9.35. The van der Waals surface area contributed by atoms with Gasteiger partial charge in [0.2, 0.25) is 5.91 Å². The molecule has 2 amide bonds. The number of amides is 2. The first-order chi connectivity index (χ1) is 15.1. The summed E-state index contributed by atoms with van der Waals surface area (Å²) in [4.78, 5) is 26.9. The number of hydrogen-bond donors (Lipinski definition) is 1. The number of ether oxygens (including phenoxy) is 1. The Labute approximate surface area is 191 Å². The lowest BCUT2D eigenvalue weighted by atomic mass is 9.96. The molecule has 0 bridgehead atoms. The number of hydrogen-bond acceptors (Lipinski definition) is 4. The average molecular weight is 441 g/mol. The van der Waals surface area contributed by atoms with Gasteiger partial charge in [-0.2, -0.15) is 5.10 Å². The van der Waals surface area contributed by atoms with Gasteiger partial charge in [-0.1, -0.05) is 39.8 Å². The monoisotopic (exact) mass is 440 g/mol. The minimum Gasteiger partial charge on any atom is -0.444 e. The summed E-state index contributed by atoms with van der Waals surface area (Å²) in [6.07, 6.45) is 0.533. The molecule has 174 valence electrons. The molecule has 0 aliphatic carbocycles. The van der Waals surface area contributed by atoms with E-state index in [-0.39, 0.29) is 24.5 Å². The maximum atomic E-state index is 12.9. The largest absolute Gasteiger partial charge is 0.444 e. The van der Waals surface area contributed by atoms with Crippen molar-refractivity contribution in [2.75, 3.05) is 13.1 Å². The Morgan fingerprint density at radius 2 is 1.84 bits per heavy atom. The molecule has 1 aromatic carbocycles. The highest BCUT2D eigenvalue weighted by molar-refractivity contribution is 5.80. The van der Waals surface area contributed by atoms with E-state index in [1.165, 1.54) is 5.56 Å². The van der Waals surface area contributed by atoms with E-state index in [9.17, 15) is 9.59 Å². The summed E-state index contributed by atoms with van der Waals surface area (Å²) in [7, 11) is 0. The number of carbonyl (C=O) groups excluding carboxylic acids is 2. The molecule has 7 heteroatoms. The number of nitrogens with zero attached hydrogens (tertiary/aromatic N) is 3. The van der Waals surface area contributed by atoms with Crippen LogP contribution in [0.3, 0.4) is 0 Å². The fraction of sp³-hybridized carbons (Fsp3) is 0.560. The van der Waals surface area contributed by atoms with E-state index in [1.807, 2.05) is 39.3 Å². The van der Waals surface area contributed by atoms with Crippen molar-refractivity contribution in [1.29, 1.82) is 0 Å². The van der Waals surface area contributed by atoms with Crippen LogP contribution in [0.2, 0.25) is 0 Å². The van der Waals surface area contributed by atoms with Crippen molar-refractivity contribution in [3.63, 3.8) is 0 Å². The van der Waals surface area contributed by atoms with Gasteiger partial charge in [0.05, 0.1) is 29.5 Å². The summed E-state index contributed by atoms with van der Waals surface area (Å²) in [5.74, 6) is 0.387. The first-order valence-corrected chi connectivity index (χ1v) is 11.6. The van der Waals surface area contributed by atoms with Crippen molar-refractivity contribution in [2.45, 2.75) is 78.9 Å². The van der Waals surface area contributed by atoms with E-state index in [2.05, 4.69) is 43.4 Å². The highest BCUT2D eigenvalue weighted by Gasteiger charge is 2.40. The zero-order valence-electron chi connectivity index (χ0n) is 20.4. The summed E-state index contributed by atoms with van der Waals surface area (Å²) in [6.45, 7) is 14.8. The van der Waals surface area contributed by atoms with Gasteiger partial charge in [-0.3, -0.25) is 9.69 Å². The van der Waals surface area contributed by atoms with Crippen molar-refractivity contribution >= 4 is 12.0 Å². The SMILES string of the molecule is CC.CC(C)c1ccc(-n2nc3c4c2CCN(C(=O)OC(C)(C)C)C4CNC(=O)C3)cc1. The fourth-order valence-electron chi connectivity index (χ4n) is 4.20. The average Bonchev–Trinajstić information content (AvgIpc) is 3.01. The summed E-state index contributed by atoms with van der Waals surface area (Å²) in [5, 5.41) is 7.74. The van der Waals surface area contributed by atoms with Crippen LogP contribution in [0.15, 0.2) is 24.3 Å². The molecule has 1 aromatic heterocycles. The summed E-state index contributed by atoms with van der Waals surface area (Å²) >= 11 is 0. The van der Waals surface area contributed by atoms with E-state index in [4.69, 9.17) is 9.84 Å². The Morgan fingerprint density at radius 1 is 1.19 bits per heavy atom. The predicted molar refractivity (Wildman–Crippen MR) is 125 cm³/mol. The van der Waals surface area contributed by atoms with E-state index in [1.54, 1.807) is 4.90 Å². The number of carbonyl (C=O) groups is 2. The number of benzene rings is 1. The molecule has 2 aliphatic heterocycles. The molecular formula is C25H36N4O3. The molecule has 0 saturated carbocycles. The quantitative estimate of drug-likeness (QED) is 0.744. The van der Waals surface area contributed by atoms with Crippen LogP contribution in [0.1, 0.15) is 82.9 Å². The fourth-order valence-corrected chi connectivity index (χ4v) is 4.20. The van der Waals surface area contributed by atoms with Gasteiger partial charge in [0.15, 0.2) is 0 Å². The molecule has 32 heavy (non-hydrogen) atoms. The van der Waals surface area contributed by atoms with Gasteiger partial charge in [-0.25, -0.2) is 9.48 Å². The normalized spacial score (nSPS) is 17.7. The topological polar surface area (TPSA) is 76.5 Å². The summed E-state index contributed by atoms with van der Waals surface area (Å²) in [5.41, 5.74) is 4.48. The molecule has 1 unspecified atom stereocenters. The van der Waals surface area contributed by atoms with Gasteiger partial charge < -0.3 is 10.1 Å². The number of aromatic nitrogens is 2. The lowest BCUT2D eigenvalue weighted by Gasteiger charge is -2.36. The van der Waals surface area contributed by atoms with Crippen LogP contribution in [0.5, 0.6) is 0 Å². The van der Waals surface area contributed by atoms with Crippen LogP contribution in [0.25, 0.3) is 5.69 Å². The van der Waals surface area contributed by atoms with Gasteiger partial charge in [-0.05, 0) is 44.4 Å². The van der Waals surface area contributed by atoms with E-state index in [0.29, 0.717) is 25.4 Å². The first-order valence-electron chi connectivity index (χ1n) is 11.6. The van der Waals surface area contributed by atoms with Gasteiger partial charge in [0.1, 0.15) is 5.60 Å². The lowest BCUT2D eigenvalue weighted by molar-refractivity contribution is -0.120. The standard InChI is InChI=1S/C23H30N4O3.C2H6/c1-14(2)15-6-8-16(9-7-15)27-18-10-11-26(22(29)30-23(3,4)5)19-13-24-20(28)12-17(25-27)21(18)19;1-2/h6-9,14,19H,10-13H2,1-5H3,(H,24,28);1-2H3. The van der Waals surface area contributed by atoms with Crippen LogP contribution in [0, 0.1) is 0 Å². The first kappa shape index (κ1) is 23.8. The van der Waals surface area contributed by atoms with Crippen molar-refractivity contribution < 1.29 is 14.3 Å². The van der Waals surface area contributed by atoms with Crippen LogP contribution >= 0.6 is 0 Å². The Kier molecular flexibility index (Phi) is 6.96. The molecule has 3 heterocycles. The predicted octanol–water partition coefficient (Wildman–Crippen LogP) is 4.53. The summed E-state index contributed by atoms with van der Waals surface area (Å²) < 4.78 is 7.58. The number of rotatable bonds is 2. The minimum absolute atomic E-state index is 0.0730. The Morgan fingerprint density at radius 3 is 2.44 bits per heavy atom. The molecule has 0 spiro atoms. The molecule has 2 aromatic rings. The Hall–Kier alpha value is -2.83. The zero-order chi connectivity index (χ0) is 23.6. The highest BCUT2D eigenvalue weighted by Crippen LogP contribution is 2.36. The Bertz CT molecular complexity index is 970. The number of nitrogens with one attached hydrogen (secondary N) is 1. The third-order valence-electron chi connectivity index (χ3n) is 5.65. The molecule has 0 saturated heterocycles. The van der Waals surface area contributed by atoms with Crippen molar-refractivity contribution in [1.82, 2.24) is 20.0 Å². The van der Waals surface area contributed by atoms with Crippen LogP contribution in [-0.4, -0.2) is 45.4 Å². The molecule has 2 aliphatic rings. The molecule has 1 N–H and O–H groups in total. The van der Waals surface area contributed by atoms with Gasteiger partial charge in [0, 0.05) is 25.1 Å². The zero-order valence-corrected chi connectivity index (χ0v) is 20.4. The van der Waals surface area contributed by atoms with Crippen LogP contribution in [-0.2, 0) is 22.4 Å². The van der Waals surface area contributed by atoms with E-state index >= 15 is 0 Å². The molecule has 4 rings (SSSR count). The second-order valence-electron chi connectivity index (χ2n) is 9.39. The third kappa shape index (κ3) is 4.81. The smallest absolute Gasteiger partial charge is 0.410 e. The molecule has 0 radical (unpaired) electrons. The van der Waals surface area contributed by atoms with Crippen LogP contribution < -0.4 is 5.32 Å².